The highest BCUT2D eigenvalue weighted by Crippen LogP contribution is 2.14. The molecule has 1 unspecified atom stereocenters. The van der Waals surface area contributed by atoms with Crippen LogP contribution >= 0.6 is 11.6 Å². The summed E-state index contributed by atoms with van der Waals surface area (Å²) in [5.41, 5.74) is 0. The van der Waals surface area contributed by atoms with Gasteiger partial charge in [-0.15, -0.1) is 0 Å². The normalized spacial score (nSPS) is 18.8. The minimum absolute atomic E-state index is 0.0415. The number of carbonyl (C=O) groups excluding carboxylic acids is 1. The van der Waals surface area contributed by atoms with Crippen LogP contribution in [0, 0.1) is 0 Å². The van der Waals surface area contributed by atoms with E-state index in [9.17, 15) is 4.79 Å². The average molecular weight is 286 g/mol. The van der Waals surface area contributed by atoms with Gasteiger partial charge in [0.1, 0.15) is 6.04 Å². The van der Waals surface area contributed by atoms with Crippen LogP contribution in [0.1, 0.15) is 26.2 Å². The van der Waals surface area contributed by atoms with Gasteiger partial charge in [0.25, 0.3) is 0 Å². The number of halogens is 1. The lowest BCUT2D eigenvalue weighted by Crippen LogP contribution is -2.44. The second-order valence-corrected chi connectivity index (χ2v) is 4.53. The first kappa shape index (κ1) is 13.8. The molecule has 19 heavy (non-hydrogen) atoms. The van der Waals surface area contributed by atoms with E-state index in [-0.39, 0.29) is 29.2 Å². The quantitative estimate of drug-likeness (QED) is 0.839. The first-order valence-corrected chi connectivity index (χ1v) is 6.65. The van der Waals surface area contributed by atoms with Crippen LogP contribution in [0.25, 0.3) is 0 Å². The molecule has 1 fully saturated rings. The van der Waals surface area contributed by atoms with Crippen LogP contribution in [0.15, 0.2) is 0 Å². The van der Waals surface area contributed by atoms with Crippen molar-refractivity contribution in [2.75, 3.05) is 18.5 Å². The van der Waals surface area contributed by atoms with E-state index in [0.29, 0.717) is 13.2 Å². The number of nitrogens with zero attached hydrogens (tertiary/aromatic N) is 3. The predicted octanol–water partition coefficient (Wildman–Crippen LogP) is 1.00. The average Bonchev–Trinajstić information content (AvgIpc) is 2.38. The first-order chi connectivity index (χ1) is 9.19. The number of piperidine rings is 1. The Labute approximate surface area is 116 Å². The van der Waals surface area contributed by atoms with E-state index in [1.807, 2.05) is 6.92 Å². The summed E-state index contributed by atoms with van der Waals surface area (Å²) in [7, 11) is 0. The van der Waals surface area contributed by atoms with Crippen molar-refractivity contribution in [3.8, 4) is 6.01 Å². The molecule has 7 nitrogen and oxygen atoms in total. The van der Waals surface area contributed by atoms with Crippen molar-refractivity contribution < 1.29 is 9.53 Å². The number of anilines is 1. The Balaban J connectivity index is 2.06. The van der Waals surface area contributed by atoms with Gasteiger partial charge in [-0.25, -0.2) is 0 Å². The number of aromatic nitrogens is 3. The second-order valence-electron chi connectivity index (χ2n) is 4.19. The molecule has 0 saturated carbocycles. The van der Waals surface area contributed by atoms with Crippen molar-refractivity contribution in [2.45, 2.75) is 32.2 Å². The molecule has 1 aliphatic heterocycles. The van der Waals surface area contributed by atoms with Gasteiger partial charge in [0.15, 0.2) is 0 Å². The van der Waals surface area contributed by atoms with Crippen LogP contribution in [-0.2, 0) is 4.79 Å². The molecular weight excluding hydrogens is 270 g/mol. The third-order valence-corrected chi connectivity index (χ3v) is 2.78. The minimum atomic E-state index is -0.341. The van der Waals surface area contributed by atoms with E-state index in [1.165, 1.54) is 0 Å². The lowest BCUT2D eigenvalue weighted by atomic mass is 10.1. The molecule has 0 aliphatic carbocycles. The third kappa shape index (κ3) is 3.92. The Morgan fingerprint density at radius 3 is 3.05 bits per heavy atom. The Kier molecular flexibility index (Phi) is 4.73. The fourth-order valence-corrected chi connectivity index (χ4v) is 1.87. The molecule has 1 atom stereocenters. The first-order valence-electron chi connectivity index (χ1n) is 6.27. The summed E-state index contributed by atoms with van der Waals surface area (Å²) in [5.74, 6) is 0.201. The SMILES string of the molecule is CCCOc1nc(Cl)nc(NC2CCCNC2=O)n1. The molecule has 2 heterocycles. The minimum Gasteiger partial charge on any atom is -0.463 e. The lowest BCUT2D eigenvalue weighted by Gasteiger charge is -2.22. The lowest BCUT2D eigenvalue weighted by molar-refractivity contribution is -0.123. The highest BCUT2D eigenvalue weighted by molar-refractivity contribution is 6.28. The predicted molar refractivity (Wildman–Crippen MR) is 70.3 cm³/mol. The number of ether oxygens (including phenoxy) is 1. The van der Waals surface area contributed by atoms with Crippen LogP contribution in [0.4, 0.5) is 5.95 Å². The molecule has 2 rings (SSSR count). The van der Waals surface area contributed by atoms with Crippen molar-refractivity contribution in [1.82, 2.24) is 20.3 Å². The van der Waals surface area contributed by atoms with E-state index >= 15 is 0 Å². The summed E-state index contributed by atoms with van der Waals surface area (Å²) >= 11 is 5.80. The van der Waals surface area contributed by atoms with Crippen molar-refractivity contribution in [1.29, 1.82) is 0 Å². The van der Waals surface area contributed by atoms with Gasteiger partial charge in [0, 0.05) is 6.54 Å². The van der Waals surface area contributed by atoms with Crippen LogP contribution < -0.4 is 15.4 Å². The molecule has 0 aromatic carbocycles. The monoisotopic (exact) mass is 285 g/mol. The maximum Gasteiger partial charge on any atom is 0.322 e. The van der Waals surface area contributed by atoms with Crippen molar-refractivity contribution >= 4 is 23.5 Å². The van der Waals surface area contributed by atoms with Gasteiger partial charge < -0.3 is 15.4 Å². The standard InChI is InChI=1S/C11H16ClN5O2/c1-2-6-19-11-16-9(12)15-10(17-11)14-7-4-3-5-13-8(7)18/h7H,2-6H2,1H3,(H,13,18)(H,14,15,16,17). The molecule has 8 heteroatoms. The van der Waals surface area contributed by atoms with E-state index in [1.54, 1.807) is 0 Å². The van der Waals surface area contributed by atoms with Gasteiger partial charge in [-0.3, -0.25) is 4.79 Å². The maximum absolute atomic E-state index is 11.6. The van der Waals surface area contributed by atoms with Crippen molar-refractivity contribution in [3.05, 3.63) is 5.28 Å². The summed E-state index contributed by atoms with van der Waals surface area (Å²) in [6.45, 7) is 3.19. The van der Waals surface area contributed by atoms with Gasteiger partial charge in [0.2, 0.25) is 17.1 Å². The Hall–Kier alpha value is -1.63. The van der Waals surface area contributed by atoms with Gasteiger partial charge in [-0.2, -0.15) is 15.0 Å². The number of amides is 1. The fourth-order valence-electron chi connectivity index (χ4n) is 1.72. The molecule has 1 aliphatic rings. The summed E-state index contributed by atoms with van der Waals surface area (Å²) in [6, 6.07) is -0.174. The molecule has 2 N–H and O–H groups in total. The zero-order valence-corrected chi connectivity index (χ0v) is 11.4. The summed E-state index contributed by atoms with van der Waals surface area (Å²) in [5, 5.41) is 5.77. The second kappa shape index (κ2) is 6.51. The van der Waals surface area contributed by atoms with Gasteiger partial charge in [-0.05, 0) is 30.9 Å². The van der Waals surface area contributed by atoms with E-state index in [0.717, 1.165) is 19.3 Å². The largest absolute Gasteiger partial charge is 0.463 e. The van der Waals surface area contributed by atoms with Crippen LogP contribution in [-0.4, -0.2) is 40.1 Å². The third-order valence-electron chi connectivity index (χ3n) is 2.61. The highest BCUT2D eigenvalue weighted by atomic mass is 35.5. The Morgan fingerprint density at radius 1 is 1.47 bits per heavy atom. The number of carbonyl (C=O) groups is 1. The van der Waals surface area contributed by atoms with E-state index in [4.69, 9.17) is 16.3 Å². The number of hydrogen-bond donors (Lipinski definition) is 2. The molecule has 1 aromatic rings. The molecule has 0 bridgehead atoms. The van der Waals surface area contributed by atoms with Gasteiger partial charge in [0.05, 0.1) is 6.61 Å². The van der Waals surface area contributed by atoms with Crippen molar-refractivity contribution in [2.24, 2.45) is 0 Å². The number of hydrogen-bond acceptors (Lipinski definition) is 6. The molecule has 104 valence electrons. The van der Waals surface area contributed by atoms with E-state index < -0.39 is 0 Å². The highest BCUT2D eigenvalue weighted by Gasteiger charge is 2.23. The van der Waals surface area contributed by atoms with Gasteiger partial charge >= 0.3 is 6.01 Å². The van der Waals surface area contributed by atoms with Gasteiger partial charge in [-0.1, -0.05) is 6.92 Å². The van der Waals surface area contributed by atoms with Crippen LogP contribution in [0.5, 0.6) is 6.01 Å². The molecule has 0 spiro atoms. The molecule has 1 aromatic heterocycles. The summed E-state index contributed by atoms with van der Waals surface area (Å²) < 4.78 is 5.31. The zero-order valence-electron chi connectivity index (χ0n) is 10.6. The van der Waals surface area contributed by atoms with E-state index in [2.05, 4.69) is 25.6 Å². The molecule has 1 amide bonds. The van der Waals surface area contributed by atoms with Crippen molar-refractivity contribution in [3.63, 3.8) is 0 Å². The zero-order chi connectivity index (χ0) is 13.7. The molecule has 1 saturated heterocycles. The van der Waals surface area contributed by atoms with Crippen LogP contribution in [0.3, 0.4) is 0 Å². The number of rotatable bonds is 5. The Bertz CT molecular complexity index is 457. The smallest absolute Gasteiger partial charge is 0.322 e. The van der Waals surface area contributed by atoms with Crippen LogP contribution in [0.2, 0.25) is 5.28 Å². The summed E-state index contributed by atoms with van der Waals surface area (Å²) in [6.07, 6.45) is 2.50. The molecule has 0 radical (unpaired) electrons. The summed E-state index contributed by atoms with van der Waals surface area (Å²) in [4.78, 5) is 23.5. The number of nitrogens with one attached hydrogen (secondary N) is 2. The maximum atomic E-state index is 11.6. The molecular formula is C11H16ClN5O2. The topological polar surface area (TPSA) is 89.0 Å². The fraction of sp³-hybridized carbons (Fsp3) is 0.636. The Morgan fingerprint density at radius 2 is 2.32 bits per heavy atom.